The fraction of sp³-hybridized carbons (Fsp3) is 0.417. The van der Waals surface area contributed by atoms with Gasteiger partial charge < -0.3 is 9.64 Å². The highest BCUT2D eigenvalue weighted by Gasteiger charge is 2.22. The molecule has 1 atom stereocenters. The van der Waals surface area contributed by atoms with Gasteiger partial charge in [-0.1, -0.05) is 0 Å². The lowest BCUT2D eigenvalue weighted by atomic mass is 10.1. The largest absolute Gasteiger partial charge is 0.375 e. The maximum atomic E-state index is 12.3. The van der Waals surface area contributed by atoms with Gasteiger partial charge in [0.15, 0.2) is 0 Å². The van der Waals surface area contributed by atoms with E-state index in [0.717, 1.165) is 5.52 Å². The summed E-state index contributed by atoms with van der Waals surface area (Å²) in [5.74, 6) is 0.0232. The van der Waals surface area contributed by atoms with E-state index in [0.29, 0.717) is 30.8 Å². The fourth-order valence-electron chi connectivity index (χ4n) is 2.16. The lowest BCUT2D eigenvalue weighted by Gasteiger charge is -2.31. The number of aromatic amines is 1. The van der Waals surface area contributed by atoms with Crippen molar-refractivity contribution in [1.29, 1.82) is 0 Å². The van der Waals surface area contributed by atoms with Gasteiger partial charge in [-0.15, -0.1) is 0 Å². The highest BCUT2D eigenvalue weighted by molar-refractivity contribution is 5.97. The normalized spacial score (nSPS) is 20.3. The van der Waals surface area contributed by atoms with E-state index in [4.69, 9.17) is 4.74 Å². The molecule has 0 radical (unpaired) electrons. The van der Waals surface area contributed by atoms with Crippen molar-refractivity contribution in [2.75, 3.05) is 19.7 Å². The van der Waals surface area contributed by atoms with E-state index in [-0.39, 0.29) is 12.0 Å². The molecule has 0 saturated carbocycles. The van der Waals surface area contributed by atoms with Crippen LogP contribution in [0.1, 0.15) is 17.3 Å². The van der Waals surface area contributed by atoms with Gasteiger partial charge >= 0.3 is 0 Å². The summed E-state index contributed by atoms with van der Waals surface area (Å²) in [5, 5.41) is 10.5. The van der Waals surface area contributed by atoms with E-state index < -0.39 is 0 Å². The molecule has 1 aromatic heterocycles. The number of H-pyrrole nitrogens is 1. The molecule has 2 heterocycles. The number of benzene rings is 1. The minimum absolute atomic E-state index is 0.0232. The van der Waals surface area contributed by atoms with Crippen molar-refractivity contribution >= 4 is 16.9 Å². The van der Waals surface area contributed by atoms with Gasteiger partial charge in [-0.2, -0.15) is 15.4 Å². The number of nitrogens with zero attached hydrogens (tertiary/aromatic N) is 3. The van der Waals surface area contributed by atoms with Crippen LogP contribution < -0.4 is 0 Å². The van der Waals surface area contributed by atoms with Crippen molar-refractivity contribution < 1.29 is 9.53 Å². The van der Waals surface area contributed by atoms with E-state index in [1.54, 1.807) is 18.2 Å². The molecule has 1 fully saturated rings. The van der Waals surface area contributed by atoms with Crippen molar-refractivity contribution in [3.63, 3.8) is 0 Å². The third-order valence-electron chi connectivity index (χ3n) is 3.09. The Hall–Kier alpha value is -1.95. The van der Waals surface area contributed by atoms with Crippen molar-refractivity contribution in [2.24, 2.45) is 0 Å². The quantitative estimate of drug-likeness (QED) is 0.808. The van der Waals surface area contributed by atoms with Crippen molar-refractivity contribution in [1.82, 2.24) is 20.3 Å². The number of ether oxygens (including phenoxy) is 1. The van der Waals surface area contributed by atoms with Crippen LogP contribution in [-0.4, -0.2) is 52.0 Å². The van der Waals surface area contributed by atoms with E-state index in [2.05, 4.69) is 15.4 Å². The number of carbonyl (C=O) groups excluding carboxylic acids is 1. The molecule has 6 nitrogen and oxygen atoms in total. The number of aromatic nitrogens is 3. The highest BCUT2D eigenvalue weighted by Crippen LogP contribution is 2.14. The molecule has 1 aromatic carbocycles. The zero-order chi connectivity index (χ0) is 12.5. The Bertz CT molecular complexity index is 580. The van der Waals surface area contributed by atoms with Crippen LogP contribution >= 0.6 is 0 Å². The molecule has 0 spiro atoms. The first-order valence-electron chi connectivity index (χ1n) is 5.95. The molecular weight excluding hydrogens is 232 g/mol. The minimum Gasteiger partial charge on any atom is -0.375 e. The summed E-state index contributed by atoms with van der Waals surface area (Å²) in [6, 6.07) is 5.35. The van der Waals surface area contributed by atoms with E-state index in [9.17, 15) is 4.79 Å². The highest BCUT2D eigenvalue weighted by atomic mass is 16.5. The number of nitrogens with one attached hydrogen (secondary N) is 1. The maximum Gasteiger partial charge on any atom is 0.254 e. The third-order valence-corrected chi connectivity index (χ3v) is 3.09. The maximum absolute atomic E-state index is 12.3. The molecule has 0 bridgehead atoms. The Kier molecular flexibility index (Phi) is 2.71. The van der Waals surface area contributed by atoms with E-state index in [1.807, 2.05) is 11.8 Å². The van der Waals surface area contributed by atoms with Crippen molar-refractivity contribution in [2.45, 2.75) is 13.0 Å². The predicted molar refractivity (Wildman–Crippen MR) is 65.2 cm³/mol. The lowest BCUT2D eigenvalue weighted by molar-refractivity contribution is -0.0124. The first-order valence-corrected chi connectivity index (χ1v) is 5.95. The minimum atomic E-state index is 0.0232. The summed E-state index contributed by atoms with van der Waals surface area (Å²) in [5.41, 5.74) is 2.12. The molecule has 1 aliphatic heterocycles. The predicted octanol–water partition coefficient (Wildman–Crippen LogP) is 0.819. The van der Waals surface area contributed by atoms with Crippen LogP contribution in [0.3, 0.4) is 0 Å². The van der Waals surface area contributed by atoms with Crippen LogP contribution in [0.5, 0.6) is 0 Å². The molecule has 0 unspecified atom stereocenters. The van der Waals surface area contributed by atoms with Crippen LogP contribution in [0.25, 0.3) is 11.0 Å². The topological polar surface area (TPSA) is 71.1 Å². The second-order valence-electron chi connectivity index (χ2n) is 4.46. The number of hydrogen-bond donors (Lipinski definition) is 1. The van der Waals surface area contributed by atoms with Crippen LogP contribution in [0.2, 0.25) is 0 Å². The first kappa shape index (κ1) is 11.2. The molecule has 2 aromatic rings. The molecule has 1 aliphatic rings. The molecule has 1 N–H and O–H groups in total. The number of rotatable bonds is 1. The second-order valence-corrected chi connectivity index (χ2v) is 4.46. The number of hydrogen-bond acceptors (Lipinski definition) is 4. The molecule has 0 aliphatic carbocycles. The van der Waals surface area contributed by atoms with Gasteiger partial charge in [-0.3, -0.25) is 4.79 Å². The number of amides is 1. The second kappa shape index (κ2) is 4.38. The van der Waals surface area contributed by atoms with E-state index >= 15 is 0 Å². The molecule has 3 rings (SSSR count). The summed E-state index contributed by atoms with van der Waals surface area (Å²) in [7, 11) is 0. The van der Waals surface area contributed by atoms with Crippen LogP contribution in [-0.2, 0) is 4.74 Å². The van der Waals surface area contributed by atoms with Crippen LogP contribution in [0, 0.1) is 0 Å². The monoisotopic (exact) mass is 246 g/mol. The Balaban J connectivity index is 1.86. The van der Waals surface area contributed by atoms with Gasteiger partial charge in [0.05, 0.1) is 12.7 Å². The number of fused-ring (bicyclic) bond motifs is 1. The molecular formula is C12H14N4O2. The van der Waals surface area contributed by atoms with Gasteiger partial charge in [-0.25, -0.2) is 0 Å². The van der Waals surface area contributed by atoms with Gasteiger partial charge in [0.1, 0.15) is 11.0 Å². The fourth-order valence-corrected chi connectivity index (χ4v) is 2.16. The molecule has 1 amide bonds. The summed E-state index contributed by atoms with van der Waals surface area (Å²) in [6.07, 6.45) is 0.0958. The van der Waals surface area contributed by atoms with Crippen molar-refractivity contribution in [3.05, 3.63) is 23.8 Å². The van der Waals surface area contributed by atoms with Gasteiger partial charge in [0, 0.05) is 18.7 Å². The number of carbonyl (C=O) groups is 1. The van der Waals surface area contributed by atoms with Crippen molar-refractivity contribution in [3.8, 4) is 0 Å². The van der Waals surface area contributed by atoms with Crippen LogP contribution in [0.4, 0.5) is 0 Å². The summed E-state index contributed by atoms with van der Waals surface area (Å²) in [6.45, 7) is 3.84. The Morgan fingerprint density at radius 2 is 2.28 bits per heavy atom. The summed E-state index contributed by atoms with van der Waals surface area (Å²) < 4.78 is 5.43. The zero-order valence-electron chi connectivity index (χ0n) is 10.1. The average Bonchev–Trinajstić information content (AvgIpc) is 2.85. The molecule has 94 valence electrons. The Morgan fingerprint density at radius 3 is 3.11 bits per heavy atom. The lowest BCUT2D eigenvalue weighted by Crippen LogP contribution is -2.44. The zero-order valence-corrected chi connectivity index (χ0v) is 10.1. The standard InChI is InChI=1S/C12H14N4O2/c1-8-7-16(4-5-18-8)12(17)9-2-3-10-11(6-9)14-15-13-10/h2-3,6,8H,4-5,7H2,1H3,(H,13,14,15)/t8-/m1/s1. The Labute approximate surface area is 104 Å². The Morgan fingerprint density at radius 1 is 1.44 bits per heavy atom. The summed E-state index contributed by atoms with van der Waals surface area (Å²) in [4.78, 5) is 14.1. The van der Waals surface area contributed by atoms with Crippen LogP contribution in [0.15, 0.2) is 18.2 Å². The van der Waals surface area contributed by atoms with Gasteiger partial charge in [0.2, 0.25) is 0 Å². The van der Waals surface area contributed by atoms with Gasteiger partial charge in [-0.05, 0) is 25.1 Å². The average molecular weight is 246 g/mol. The smallest absolute Gasteiger partial charge is 0.254 e. The number of morpholine rings is 1. The van der Waals surface area contributed by atoms with Gasteiger partial charge in [0.25, 0.3) is 5.91 Å². The molecule has 18 heavy (non-hydrogen) atoms. The van der Waals surface area contributed by atoms with E-state index in [1.165, 1.54) is 0 Å². The third kappa shape index (κ3) is 1.95. The SMILES string of the molecule is C[C@@H]1CN(C(=O)c2ccc3n[nH]nc3c2)CCO1. The molecule has 1 saturated heterocycles. The summed E-state index contributed by atoms with van der Waals surface area (Å²) >= 11 is 0. The first-order chi connectivity index (χ1) is 8.74. The molecule has 6 heteroatoms.